The van der Waals surface area contributed by atoms with Crippen molar-refractivity contribution >= 4 is 0 Å². The number of rotatable bonds is 1. The molecule has 0 N–H and O–H groups in total. The Bertz CT molecular complexity index is 96.6. The van der Waals surface area contributed by atoms with Gasteiger partial charge in [-0.25, -0.2) is 0 Å². The average Bonchev–Trinajstić information content (AvgIpc) is 2.08. The van der Waals surface area contributed by atoms with Gasteiger partial charge in [0.25, 0.3) is 0 Å². The van der Waals surface area contributed by atoms with Crippen LogP contribution in [0.3, 0.4) is 0 Å². The predicted molar refractivity (Wildman–Crippen MR) is 57.4 cm³/mol. The summed E-state index contributed by atoms with van der Waals surface area (Å²) < 4.78 is 0. The van der Waals surface area contributed by atoms with E-state index < -0.39 is 0 Å². The summed E-state index contributed by atoms with van der Waals surface area (Å²) in [5, 5.41) is 0. The van der Waals surface area contributed by atoms with E-state index in [1.54, 1.807) is 0 Å². The Morgan fingerprint density at radius 3 is 1.92 bits per heavy atom. The monoisotopic (exact) mass is 168 g/mol. The summed E-state index contributed by atoms with van der Waals surface area (Å²) in [6, 6.07) is 0. The second-order valence-corrected chi connectivity index (χ2v) is 3.72. The van der Waals surface area contributed by atoms with Gasteiger partial charge >= 0.3 is 0 Å². The minimum absolute atomic E-state index is 1.04. The Labute approximate surface area is 78.1 Å². The Morgan fingerprint density at radius 2 is 1.75 bits per heavy atom. The van der Waals surface area contributed by atoms with Crippen molar-refractivity contribution in [1.29, 1.82) is 0 Å². The van der Waals surface area contributed by atoms with Crippen LogP contribution in [-0.2, 0) is 0 Å². The van der Waals surface area contributed by atoms with Crippen LogP contribution in [0.5, 0.6) is 0 Å². The normalized spacial score (nSPS) is 18.9. The van der Waals surface area contributed by atoms with E-state index in [4.69, 9.17) is 0 Å². The van der Waals surface area contributed by atoms with Crippen LogP contribution in [0, 0.1) is 5.92 Å². The summed E-state index contributed by atoms with van der Waals surface area (Å²) in [5.41, 5.74) is 0. The summed E-state index contributed by atoms with van der Waals surface area (Å²) in [5.74, 6) is 1.04. The van der Waals surface area contributed by atoms with Crippen molar-refractivity contribution in [3.8, 4) is 0 Å². The van der Waals surface area contributed by atoms with E-state index in [9.17, 15) is 0 Å². The second kappa shape index (κ2) is 8.83. The molecule has 72 valence electrons. The van der Waals surface area contributed by atoms with Crippen molar-refractivity contribution in [3.63, 3.8) is 0 Å². The first-order valence-corrected chi connectivity index (χ1v) is 5.42. The summed E-state index contributed by atoms with van der Waals surface area (Å²) in [6.07, 6.45) is 12.8. The molecular formula is C12H24. The summed E-state index contributed by atoms with van der Waals surface area (Å²) in [4.78, 5) is 0. The van der Waals surface area contributed by atoms with E-state index in [2.05, 4.69) is 26.0 Å². The van der Waals surface area contributed by atoms with Gasteiger partial charge in [0.05, 0.1) is 0 Å². The van der Waals surface area contributed by atoms with Crippen LogP contribution in [0.1, 0.15) is 59.3 Å². The van der Waals surface area contributed by atoms with Gasteiger partial charge in [-0.3, -0.25) is 0 Å². The molecule has 0 aromatic rings. The maximum Gasteiger partial charge on any atom is -0.0379 e. The Morgan fingerprint density at radius 1 is 1.17 bits per heavy atom. The summed E-state index contributed by atoms with van der Waals surface area (Å²) in [7, 11) is 0. The number of hydrogen-bond acceptors (Lipinski definition) is 0. The van der Waals surface area contributed by atoms with E-state index in [0.717, 1.165) is 12.3 Å². The van der Waals surface area contributed by atoms with Crippen molar-refractivity contribution in [2.24, 2.45) is 5.92 Å². The highest BCUT2D eigenvalue weighted by atomic mass is 14.1. The highest BCUT2D eigenvalue weighted by molar-refractivity contribution is 4.73. The van der Waals surface area contributed by atoms with Gasteiger partial charge in [-0.2, -0.15) is 0 Å². The molecule has 0 heterocycles. The molecule has 1 aliphatic carbocycles. The lowest BCUT2D eigenvalue weighted by Gasteiger charge is -2.15. The van der Waals surface area contributed by atoms with E-state index in [-0.39, 0.29) is 0 Å². The van der Waals surface area contributed by atoms with Crippen molar-refractivity contribution < 1.29 is 0 Å². The molecule has 1 aliphatic rings. The molecule has 0 unspecified atom stereocenters. The first kappa shape index (κ1) is 11.7. The third kappa shape index (κ3) is 7.84. The van der Waals surface area contributed by atoms with Crippen molar-refractivity contribution in [2.45, 2.75) is 59.3 Å². The SMILES string of the molecule is C/C=C/CC.CC1CCCCC1. The zero-order valence-electron chi connectivity index (χ0n) is 8.97. The quantitative estimate of drug-likeness (QED) is 0.503. The first-order valence-electron chi connectivity index (χ1n) is 5.42. The molecule has 0 bridgehead atoms. The highest BCUT2D eigenvalue weighted by Crippen LogP contribution is 2.21. The molecule has 0 aromatic carbocycles. The Kier molecular flexibility index (Phi) is 8.64. The highest BCUT2D eigenvalue weighted by Gasteiger charge is 2.05. The average molecular weight is 168 g/mol. The topological polar surface area (TPSA) is 0 Å². The molecule has 0 atom stereocenters. The standard InChI is InChI=1S/C7H14.C5H10/c1-7-5-3-2-4-6-7;1-3-5-4-2/h7H,2-6H2,1H3;3,5H,4H2,1-2H3/b;5-3+. The molecule has 0 aliphatic heterocycles. The largest absolute Gasteiger partial charge is 0.0917 e. The van der Waals surface area contributed by atoms with Crippen LogP contribution in [0.15, 0.2) is 12.2 Å². The van der Waals surface area contributed by atoms with E-state index in [1.807, 2.05) is 6.92 Å². The Balaban J connectivity index is 0.000000217. The maximum absolute atomic E-state index is 2.36. The number of hydrogen-bond donors (Lipinski definition) is 0. The van der Waals surface area contributed by atoms with E-state index in [0.29, 0.717) is 0 Å². The van der Waals surface area contributed by atoms with Gasteiger partial charge in [0, 0.05) is 0 Å². The van der Waals surface area contributed by atoms with Gasteiger partial charge in [-0.1, -0.05) is 58.1 Å². The van der Waals surface area contributed by atoms with Crippen LogP contribution in [0.2, 0.25) is 0 Å². The van der Waals surface area contributed by atoms with Crippen LogP contribution < -0.4 is 0 Å². The minimum Gasteiger partial charge on any atom is -0.0917 e. The third-order valence-electron chi connectivity index (χ3n) is 2.37. The molecule has 1 saturated carbocycles. The molecular weight excluding hydrogens is 144 g/mol. The van der Waals surface area contributed by atoms with Crippen LogP contribution in [0.25, 0.3) is 0 Å². The van der Waals surface area contributed by atoms with Crippen LogP contribution in [-0.4, -0.2) is 0 Å². The predicted octanol–water partition coefficient (Wildman–Crippen LogP) is 4.56. The number of allylic oxidation sites excluding steroid dienone is 2. The Hall–Kier alpha value is -0.260. The van der Waals surface area contributed by atoms with Gasteiger partial charge in [-0.05, 0) is 19.3 Å². The molecule has 0 saturated heterocycles. The van der Waals surface area contributed by atoms with E-state index in [1.165, 1.54) is 32.1 Å². The zero-order valence-corrected chi connectivity index (χ0v) is 8.97. The van der Waals surface area contributed by atoms with Crippen molar-refractivity contribution in [3.05, 3.63) is 12.2 Å². The van der Waals surface area contributed by atoms with Crippen molar-refractivity contribution in [2.75, 3.05) is 0 Å². The molecule has 0 nitrogen and oxygen atoms in total. The maximum atomic E-state index is 2.36. The van der Waals surface area contributed by atoms with Gasteiger partial charge in [-0.15, -0.1) is 0 Å². The third-order valence-corrected chi connectivity index (χ3v) is 2.37. The molecule has 0 aromatic heterocycles. The molecule has 0 spiro atoms. The fourth-order valence-corrected chi connectivity index (χ4v) is 1.54. The lowest BCUT2D eigenvalue weighted by molar-refractivity contribution is 0.385. The lowest BCUT2D eigenvalue weighted by Crippen LogP contribution is -1.99. The second-order valence-electron chi connectivity index (χ2n) is 3.72. The molecule has 0 radical (unpaired) electrons. The fourth-order valence-electron chi connectivity index (χ4n) is 1.54. The molecule has 0 heteroatoms. The smallest absolute Gasteiger partial charge is 0.0379 e. The van der Waals surface area contributed by atoms with Crippen molar-refractivity contribution in [1.82, 2.24) is 0 Å². The molecule has 0 amide bonds. The van der Waals surface area contributed by atoms with Gasteiger partial charge in [0.2, 0.25) is 0 Å². The summed E-state index contributed by atoms with van der Waals surface area (Å²) in [6.45, 7) is 6.52. The van der Waals surface area contributed by atoms with Crippen LogP contribution >= 0.6 is 0 Å². The first-order chi connectivity index (χ1) is 5.81. The van der Waals surface area contributed by atoms with Gasteiger partial charge < -0.3 is 0 Å². The van der Waals surface area contributed by atoms with Crippen LogP contribution in [0.4, 0.5) is 0 Å². The molecule has 1 rings (SSSR count). The molecule has 1 fully saturated rings. The fraction of sp³-hybridized carbons (Fsp3) is 0.833. The lowest BCUT2D eigenvalue weighted by atomic mass is 9.91. The molecule has 12 heavy (non-hydrogen) atoms. The minimum atomic E-state index is 1.04. The zero-order chi connectivity index (χ0) is 9.23. The summed E-state index contributed by atoms with van der Waals surface area (Å²) >= 11 is 0. The van der Waals surface area contributed by atoms with E-state index >= 15 is 0 Å². The van der Waals surface area contributed by atoms with Gasteiger partial charge in [0.15, 0.2) is 0 Å². The van der Waals surface area contributed by atoms with Gasteiger partial charge in [0.1, 0.15) is 0 Å².